The fraction of sp³-hybridized carbons (Fsp3) is 0.167. The second-order valence-electron chi connectivity index (χ2n) is 3.89. The number of nitrogens with zero attached hydrogens (tertiary/aromatic N) is 3. The number of aromatic nitrogens is 2. The summed E-state index contributed by atoms with van der Waals surface area (Å²) in [5.74, 6) is 1.65. The van der Waals surface area contributed by atoms with Crippen LogP contribution >= 0.6 is 0 Å². The number of hydrogen-bond acceptors (Lipinski definition) is 5. The highest BCUT2D eigenvalue weighted by atomic mass is 16.3. The van der Waals surface area contributed by atoms with E-state index in [4.69, 9.17) is 5.73 Å². The zero-order chi connectivity index (χ0) is 12.4. The molecule has 0 fully saturated rings. The van der Waals surface area contributed by atoms with Gasteiger partial charge in [0.05, 0.1) is 5.56 Å². The molecular weight excluding hydrogens is 216 g/mol. The molecule has 0 atom stereocenters. The molecule has 0 aliphatic heterocycles. The van der Waals surface area contributed by atoms with Gasteiger partial charge in [-0.15, -0.1) is 0 Å². The van der Waals surface area contributed by atoms with E-state index in [0.717, 1.165) is 0 Å². The average Bonchev–Trinajstić information content (AvgIpc) is 2.28. The first kappa shape index (κ1) is 11.2. The normalized spacial score (nSPS) is 10.2. The van der Waals surface area contributed by atoms with Crippen LogP contribution in [0.3, 0.4) is 0 Å². The molecule has 0 amide bonds. The summed E-state index contributed by atoms with van der Waals surface area (Å²) < 4.78 is 0. The summed E-state index contributed by atoms with van der Waals surface area (Å²) in [6, 6.07) is 8.60. The van der Waals surface area contributed by atoms with Crippen molar-refractivity contribution in [3.8, 4) is 17.1 Å². The number of para-hydroxylation sites is 1. The molecule has 2 rings (SSSR count). The van der Waals surface area contributed by atoms with Gasteiger partial charge in [0.15, 0.2) is 5.82 Å². The Kier molecular flexibility index (Phi) is 2.82. The maximum atomic E-state index is 9.75. The van der Waals surface area contributed by atoms with Crippen molar-refractivity contribution >= 4 is 11.6 Å². The van der Waals surface area contributed by atoms with Crippen LogP contribution in [0.5, 0.6) is 5.75 Å². The Morgan fingerprint density at radius 1 is 1.18 bits per heavy atom. The zero-order valence-corrected chi connectivity index (χ0v) is 9.75. The second kappa shape index (κ2) is 4.29. The first-order valence-electron chi connectivity index (χ1n) is 5.18. The van der Waals surface area contributed by atoms with Gasteiger partial charge >= 0.3 is 0 Å². The van der Waals surface area contributed by atoms with Gasteiger partial charge in [0.1, 0.15) is 17.4 Å². The van der Waals surface area contributed by atoms with Crippen molar-refractivity contribution in [3.05, 3.63) is 30.3 Å². The van der Waals surface area contributed by atoms with E-state index in [1.165, 1.54) is 0 Å². The average molecular weight is 230 g/mol. The second-order valence-corrected chi connectivity index (χ2v) is 3.89. The molecule has 1 heterocycles. The van der Waals surface area contributed by atoms with Crippen LogP contribution in [0.4, 0.5) is 11.6 Å². The van der Waals surface area contributed by atoms with Crippen molar-refractivity contribution in [2.75, 3.05) is 24.7 Å². The van der Waals surface area contributed by atoms with E-state index < -0.39 is 0 Å². The minimum absolute atomic E-state index is 0.141. The molecule has 0 aliphatic carbocycles. The summed E-state index contributed by atoms with van der Waals surface area (Å²) >= 11 is 0. The van der Waals surface area contributed by atoms with Crippen LogP contribution < -0.4 is 10.6 Å². The van der Waals surface area contributed by atoms with E-state index in [0.29, 0.717) is 23.0 Å². The zero-order valence-electron chi connectivity index (χ0n) is 9.75. The lowest BCUT2D eigenvalue weighted by atomic mass is 10.2. The number of aromatic hydroxyl groups is 1. The van der Waals surface area contributed by atoms with Crippen molar-refractivity contribution < 1.29 is 5.11 Å². The van der Waals surface area contributed by atoms with E-state index >= 15 is 0 Å². The number of hydrogen-bond donors (Lipinski definition) is 2. The predicted molar refractivity (Wildman–Crippen MR) is 67.9 cm³/mol. The maximum absolute atomic E-state index is 9.75. The lowest BCUT2D eigenvalue weighted by Gasteiger charge is -2.13. The summed E-state index contributed by atoms with van der Waals surface area (Å²) in [6.45, 7) is 0. The molecular formula is C12H14N4O. The van der Waals surface area contributed by atoms with Gasteiger partial charge in [-0.3, -0.25) is 0 Å². The van der Waals surface area contributed by atoms with Gasteiger partial charge in [0.25, 0.3) is 0 Å². The Bertz CT molecular complexity index is 540. The fourth-order valence-electron chi connectivity index (χ4n) is 1.46. The van der Waals surface area contributed by atoms with Crippen LogP contribution in [0, 0.1) is 0 Å². The molecule has 0 spiro atoms. The van der Waals surface area contributed by atoms with Gasteiger partial charge in [0, 0.05) is 20.2 Å². The van der Waals surface area contributed by atoms with Crippen LogP contribution in [0.1, 0.15) is 0 Å². The molecule has 5 heteroatoms. The summed E-state index contributed by atoms with van der Waals surface area (Å²) in [6.07, 6.45) is 0. The van der Waals surface area contributed by atoms with Crippen LogP contribution in [-0.4, -0.2) is 29.2 Å². The van der Waals surface area contributed by atoms with E-state index in [1.807, 2.05) is 25.1 Å². The van der Waals surface area contributed by atoms with E-state index in [1.54, 1.807) is 24.3 Å². The quantitative estimate of drug-likeness (QED) is 0.817. The highest BCUT2D eigenvalue weighted by Crippen LogP contribution is 2.27. The molecule has 0 radical (unpaired) electrons. The van der Waals surface area contributed by atoms with Crippen LogP contribution in [0.25, 0.3) is 11.4 Å². The third kappa shape index (κ3) is 2.28. The molecule has 17 heavy (non-hydrogen) atoms. The minimum Gasteiger partial charge on any atom is -0.507 e. The summed E-state index contributed by atoms with van der Waals surface area (Å²) in [4.78, 5) is 10.3. The number of phenolic OH excluding ortho intramolecular Hbond substituents is 1. The summed E-state index contributed by atoms with van der Waals surface area (Å²) in [7, 11) is 3.74. The van der Waals surface area contributed by atoms with Crippen molar-refractivity contribution in [2.45, 2.75) is 0 Å². The van der Waals surface area contributed by atoms with Crippen molar-refractivity contribution in [3.63, 3.8) is 0 Å². The largest absolute Gasteiger partial charge is 0.507 e. The Hall–Kier alpha value is -2.30. The molecule has 0 saturated heterocycles. The third-order valence-electron chi connectivity index (χ3n) is 2.34. The number of rotatable bonds is 2. The first-order chi connectivity index (χ1) is 8.08. The van der Waals surface area contributed by atoms with Crippen LogP contribution in [-0.2, 0) is 0 Å². The highest BCUT2D eigenvalue weighted by molar-refractivity contribution is 5.66. The number of nitrogen functional groups attached to an aromatic ring is 1. The number of nitrogens with two attached hydrogens (primary N) is 1. The van der Waals surface area contributed by atoms with E-state index in [2.05, 4.69) is 9.97 Å². The van der Waals surface area contributed by atoms with Crippen molar-refractivity contribution in [1.29, 1.82) is 0 Å². The molecule has 0 unspecified atom stereocenters. The lowest BCUT2D eigenvalue weighted by Crippen LogP contribution is -2.12. The molecule has 1 aromatic heterocycles. The van der Waals surface area contributed by atoms with Gasteiger partial charge in [0.2, 0.25) is 0 Å². The van der Waals surface area contributed by atoms with Gasteiger partial charge in [-0.1, -0.05) is 12.1 Å². The van der Waals surface area contributed by atoms with Gasteiger partial charge in [-0.25, -0.2) is 9.97 Å². The van der Waals surface area contributed by atoms with Gasteiger partial charge < -0.3 is 15.7 Å². The van der Waals surface area contributed by atoms with Gasteiger partial charge in [-0.05, 0) is 12.1 Å². The molecule has 1 aromatic carbocycles. The Labute approximate surface area is 99.6 Å². The molecule has 0 aliphatic rings. The number of benzene rings is 1. The van der Waals surface area contributed by atoms with E-state index in [-0.39, 0.29) is 5.75 Å². The standard InChI is InChI=1S/C12H14N4O/c1-16(2)11-7-10(13)14-12(15-11)8-5-3-4-6-9(8)17/h3-7,17H,1-2H3,(H2,13,14,15). The van der Waals surface area contributed by atoms with Crippen molar-refractivity contribution in [1.82, 2.24) is 9.97 Å². The first-order valence-corrected chi connectivity index (χ1v) is 5.18. The van der Waals surface area contributed by atoms with Crippen LogP contribution in [0.2, 0.25) is 0 Å². The molecule has 5 nitrogen and oxygen atoms in total. The topological polar surface area (TPSA) is 75.3 Å². The fourth-order valence-corrected chi connectivity index (χ4v) is 1.46. The van der Waals surface area contributed by atoms with Crippen molar-refractivity contribution in [2.24, 2.45) is 0 Å². The highest BCUT2D eigenvalue weighted by Gasteiger charge is 2.09. The lowest BCUT2D eigenvalue weighted by molar-refractivity contribution is 0.477. The Morgan fingerprint density at radius 3 is 2.53 bits per heavy atom. The predicted octanol–water partition coefficient (Wildman–Crippen LogP) is 1.50. The molecule has 3 N–H and O–H groups in total. The molecule has 88 valence electrons. The van der Waals surface area contributed by atoms with Crippen LogP contribution in [0.15, 0.2) is 30.3 Å². The SMILES string of the molecule is CN(C)c1cc(N)nc(-c2ccccc2O)n1. The summed E-state index contributed by atoms with van der Waals surface area (Å²) in [5, 5.41) is 9.75. The Morgan fingerprint density at radius 2 is 1.88 bits per heavy atom. The monoisotopic (exact) mass is 230 g/mol. The third-order valence-corrected chi connectivity index (χ3v) is 2.34. The molecule has 0 bridgehead atoms. The van der Waals surface area contributed by atoms with Gasteiger partial charge in [-0.2, -0.15) is 0 Å². The Balaban J connectivity index is 2.56. The van der Waals surface area contributed by atoms with E-state index in [9.17, 15) is 5.11 Å². The number of phenols is 1. The number of anilines is 2. The molecule has 2 aromatic rings. The smallest absolute Gasteiger partial charge is 0.167 e. The molecule has 0 saturated carbocycles. The minimum atomic E-state index is 0.141. The maximum Gasteiger partial charge on any atom is 0.167 e. The summed E-state index contributed by atoms with van der Waals surface area (Å²) in [5.41, 5.74) is 6.30.